The molecule has 1 aliphatic carbocycles. The quantitative estimate of drug-likeness (QED) is 0.925. The number of amides is 1. The number of carbonyl (C=O) groups is 1. The van der Waals surface area contributed by atoms with Gasteiger partial charge in [-0.1, -0.05) is 6.92 Å². The lowest BCUT2D eigenvalue weighted by atomic mass is 9.88. The second kappa shape index (κ2) is 7.11. The average molecular weight is 322 g/mol. The summed E-state index contributed by atoms with van der Waals surface area (Å²) in [5, 5.41) is 5.23. The van der Waals surface area contributed by atoms with Crippen LogP contribution in [0.25, 0.3) is 0 Å². The van der Waals surface area contributed by atoms with Crippen LogP contribution in [0.1, 0.15) is 41.1 Å². The number of thiophene rings is 1. The molecule has 1 aromatic heterocycles. The molecule has 1 fully saturated rings. The predicted octanol–water partition coefficient (Wildman–Crippen LogP) is 2.32. The lowest BCUT2D eigenvalue weighted by Crippen LogP contribution is -2.46. The summed E-state index contributed by atoms with van der Waals surface area (Å²) in [6.07, 6.45) is 3.39. The number of nitrogens with one attached hydrogen (secondary N) is 1. The Morgan fingerprint density at radius 3 is 3.05 bits per heavy atom. The first kappa shape index (κ1) is 16.0. The van der Waals surface area contributed by atoms with Gasteiger partial charge in [0.1, 0.15) is 0 Å². The van der Waals surface area contributed by atoms with E-state index < -0.39 is 0 Å². The molecule has 1 saturated heterocycles. The summed E-state index contributed by atoms with van der Waals surface area (Å²) in [6.45, 7) is 8.82. The van der Waals surface area contributed by atoms with Crippen LogP contribution in [0.15, 0.2) is 5.38 Å². The van der Waals surface area contributed by atoms with Crippen LogP contribution in [0.4, 0.5) is 0 Å². The molecule has 3 rings (SSSR count). The standard InChI is InChI=1S/C17H26N2O2S/c1-12-3-4-14-15(11-22-16(14)9-12)17(20)18-13(2)10-19-5-7-21-8-6-19/h11-13H,3-10H2,1-2H3,(H,18,20)/t12-,13+/m1/s1. The first-order chi connectivity index (χ1) is 10.6. The van der Waals surface area contributed by atoms with Crippen molar-refractivity contribution in [1.29, 1.82) is 0 Å². The fraction of sp³-hybridized carbons (Fsp3) is 0.706. The minimum absolute atomic E-state index is 0.104. The SMILES string of the molecule is C[C@@H]1CCc2c(C(=O)N[C@@H](C)CN3CCOCC3)csc2C1. The number of morpholine rings is 1. The summed E-state index contributed by atoms with van der Waals surface area (Å²) in [6, 6.07) is 0.170. The molecule has 122 valence electrons. The Morgan fingerprint density at radius 1 is 1.50 bits per heavy atom. The van der Waals surface area contributed by atoms with Crippen molar-refractivity contribution in [2.45, 2.75) is 39.2 Å². The van der Waals surface area contributed by atoms with Gasteiger partial charge in [-0.05, 0) is 37.7 Å². The molecule has 0 aromatic carbocycles. The highest BCUT2D eigenvalue weighted by Gasteiger charge is 2.24. The molecule has 5 heteroatoms. The number of nitrogens with zero attached hydrogens (tertiary/aromatic N) is 1. The van der Waals surface area contributed by atoms with Crippen molar-refractivity contribution in [3.8, 4) is 0 Å². The van der Waals surface area contributed by atoms with Crippen LogP contribution in [-0.2, 0) is 17.6 Å². The zero-order valence-electron chi connectivity index (χ0n) is 13.6. The number of carbonyl (C=O) groups excluding carboxylic acids is 1. The second-order valence-corrected chi connectivity index (χ2v) is 7.65. The molecule has 0 saturated carbocycles. The van der Waals surface area contributed by atoms with E-state index >= 15 is 0 Å². The topological polar surface area (TPSA) is 41.6 Å². The predicted molar refractivity (Wildman–Crippen MR) is 89.7 cm³/mol. The first-order valence-electron chi connectivity index (χ1n) is 8.33. The Bertz CT molecular complexity index is 523. The summed E-state index contributed by atoms with van der Waals surface area (Å²) >= 11 is 1.76. The molecule has 2 aliphatic rings. The van der Waals surface area contributed by atoms with E-state index in [0.29, 0.717) is 0 Å². The number of hydrogen-bond acceptors (Lipinski definition) is 4. The van der Waals surface area contributed by atoms with E-state index in [2.05, 4.69) is 29.4 Å². The third kappa shape index (κ3) is 3.70. The van der Waals surface area contributed by atoms with Gasteiger partial charge in [0.15, 0.2) is 0 Å². The van der Waals surface area contributed by atoms with Crippen LogP contribution in [0.5, 0.6) is 0 Å². The van der Waals surface area contributed by atoms with Crippen LogP contribution in [0, 0.1) is 5.92 Å². The third-order valence-corrected chi connectivity index (χ3v) is 5.71. The Balaban J connectivity index is 1.57. The molecule has 22 heavy (non-hydrogen) atoms. The average Bonchev–Trinajstić information content (AvgIpc) is 2.91. The number of ether oxygens (including phenoxy) is 1. The van der Waals surface area contributed by atoms with Crippen LogP contribution in [0.2, 0.25) is 0 Å². The molecular formula is C17H26N2O2S. The molecule has 2 atom stereocenters. The monoisotopic (exact) mass is 322 g/mol. The normalized spacial score (nSPS) is 23.8. The van der Waals surface area contributed by atoms with Gasteiger partial charge in [-0.25, -0.2) is 0 Å². The van der Waals surface area contributed by atoms with Crippen molar-refractivity contribution >= 4 is 17.2 Å². The highest BCUT2D eigenvalue weighted by Crippen LogP contribution is 2.32. The minimum Gasteiger partial charge on any atom is -0.379 e. The van der Waals surface area contributed by atoms with Gasteiger partial charge < -0.3 is 10.1 Å². The maximum atomic E-state index is 12.6. The summed E-state index contributed by atoms with van der Waals surface area (Å²) in [5.41, 5.74) is 2.22. The lowest BCUT2D eigenvalue weighted by Gasteiger charge is -2.29. The van der Waals surface area contributed by atoms with Crippen molar-refractivity contribution in [1.82, 2.24) is 10.2 Å². The molecule has 4 nitrogen and oxygen atoms in total. The van der Waals surface area contributed by atoms with E-state index in [1.165, 1.54) is 16.9 Å². The Hall–Kier alpha value is -0.910. The first-order valence-corrected chi connectivity index (χ1v) is 9.21. The number of fused-ring (bicyclic) bond motifs is 1. The molecule has 1 N–H and O–H groups in total. The molecule has 2 heterocycles. The highest BCUT2D eigenvalue weighted by molar-refractivity contribution is 7.10. The van der Waals surface area contributed by atoms with Crippen molar-refractivity contribution < 1.29 is 9.53 Å². The Kier molecular flexibility index (Phi) is 5.16. The van der Waals surface area contributed by atoms with E-state index in [1.807, 2.05) is 0 Å². The van der Waals surface area contributed by atoms with E-state index in [0.717, 1.165) is 57.2 Å². The summed E-state index contributed by atoms with van der Waals surface area (Å²) in [4.78, 5) is 16.3. The lowest BCUT2D eigenvalue weighted by molar-refractivity contribution is 0.0342. The van der Waals surface area contributed by atoms with Crippen LogP contribution >= 0.6 is 11.3 Å². The van der Waals surface area contributed by atoms with Crippen LogP contribution in [-0.4, -0.2) is 49.7 Å². The molecule has 0 bridgehead atoms. The summed E-state index contributed by atoms with van der Waals surface area (Å²) in [5.74, 6) is 0.857. The van der Waals surface area contributed by atoms with E-state index in [1.54, 1.807) is 11.3 Å². The van der Waals surface area contributed by atoms with Gasteiger partial charge in [-0.3, -0.25) is 9.69 Å². The van der Waals surface area contributed by atoms with Gasteiger partial charge in [0.25, 0.3) is 5.91 Å². The maximum Gasteiger partial charge on any atom is 0.252 e. The van der Waals surface area contributed by atoms with Crippen LogP contribution in [0.3, 0.4) is 0 Å². The van der Waals surface area contributed by atoms with E-state index in [-0.39, 0.29) is 11.9 Å². The highest BCUT2D eigenvalue weighted by atomic mass is 32.1. The maximum absolute atomic E-state index is 12.6. The fourth-order valence-corrected chi connectivity index (χ4v) is 4.63. The van der Waals surface area contributed by atoms with Gasteiger partial charge in [-0.2, -0.15) is 0 Å². The number of rotatable bonds is 4. The van der Waals surface area contributed by atoms with Crippen molar-refractivity contribution in [3.05, 3.63) is 21.4 Å². The molecule has 0 unspecified atom stereocenters. The van der Waals surface area contributed by atoms with Crippen molar-refractivity contribution in [2.75, 3.05) is 32.8 Å². The van der Waals surface area contributed by atoms with Gasteiger partial charge in [0, 0.05) is 35.9 Å². The Labute approximate surface area is 136 Å². The Morgan fingerprint density at radius 2 is 2.27 bits per heavy atom. The van der Waals surface area contributed by atoms with Gasteiger partial charge in [0.2, 0.25) is 0 Å². The van der Waals surface area contributed by atoms with Gasteiger partial charge in [-0.15, -0.1) is 11.3 Å². The summed E-state index contributed by atoms with van der Waals surface area (Å²) in [7, 11) is 0. The van der Waals surface area contributed by atoms with E-state index in [4.69, 9.17) is 4.74 Å². The zero-order chi connectivity index (χ0) is 15.5. The second-order valence-electron chi connectivity index (χ2n) is 6.69. The molecule has 0 spiro atoms. The molecule has 1 aromatic rings. The number of hydrogen-bond donors (Lipinski definition) is 1. The van der Waals surface area contributed by atoms with Crippen molar-refractivity contribution in [2.24, 2.45) is 5.92 Å². The largest absolute Gasteiger partial charge is 0.379 e. The minimum atomic E-state index is 0.104. The van der Waals surface area contributed by atoms with Gasteiger partial charge in [0.05, 0.1) is 18.8 Å². The summed E-state index contributed by atoms with van der Waals surface area (Å²) < 4.78 is 5.36. The molecule has 0 radical (unpaired) electrons. The molecule has 1 amide bonds. The van der Waals surface area contributed by atoms with E-state index in [9.17, 15) is 4.79 Å². The zero-order valence-corrected chi connectivity index (χ0v) is 14.4. The smallest absolute Gasteiger partial charge is 0.252 e. The van der Waals surface area contributed by atoms with Crippen LogP contribution < -0.4 is 5.32 Å². The molecular weight excluding hydrogens is 296 g/mol. The fourth-order valence-electron chi connectivity index (χ4n) is 3.39. The van der Waals surface area contributed by atoms with Crippen molar-refractivity contribution in [3.63, 3.8) is 0 Å². The van der Waals surface area contributed by atoms with Gasteiger partial charge >= 0.3 is 0 Å². The third-order valence-electron chi connectivity index (χ3n) is 4.66. The molecule has 1 aliphatic heterocycles.